The van der Waals surface area contributed by atoms with Crippen molar-refractivity contribution >= 4 is 40.7 Å². The zero-order valence-electron chi connectivity index (χ0n) is 14.2. The molecule has 0 saturated carbocycles. The highest BCUT2D eigenvalue weighted by molar-refractivity contribution is 14.0. The maximum atomic E-state index is 5.45. The molecule has 1 aliphatic rings. The molecule has 1 aromatic heterocycles. The van der Waals surface area contributed by atoms with Gasteiger partial charge in [0.2, 0.25) is 0 Å². The summed E-state index contributed by atoms with van der Waals surface area (Å²) in [6, 6.07) is 10.4. The molecule has 0 bridgehead atoms. The van der Waals surface area contributed by atoms with E-state index in [2.05, 4.69) is 51.5 Å². The second kappa shape index (κ2) is 9.17. The molecule has 1 saturated heterocycles. The van der Waals surface area contributed by atoms with Crippen LogP contribution in [0, 0.1) is 5.92 Å². The molecule has 130 valence electrons. The highest BCUT2D eigenvalue weighted by atomic mass is 127. The van der Waals surface area contributed by atoms with E-state index in [0.29, 0.717) is 12.5 Å². The van der Waals surface area contributed by atoms with Crippen LogP contribution in [0.3, 0.4) is 0 Å². The van der Waals surface area contributed by atoms with E-state index in [4.69, 9.17) is 4.74 Å². The predicted octanol–water partition coefficient (Wildman–Crippen LogP) is 2.90. The molecule has 1 N–H and O–H groups in total. The Balaban J connectivity index is 0.00000208. The van der Waals surface area contributed by atoms with E-state index in [1.165, 1.54) is 10.8 Å². The molecule has 0 radical (unpaired) electrons. The molecular formula is C18H25IN4O. The molecule has 2 heterocycles. The normalized spacial score (nSPS) is 17.6. The standard InChI is InChI=1S/C18H24N4O.HI/c1-19-18(22(2)12-14-8-10-23-13-14)21-11-17-16-6-4-3-5-15(16)7-9-20-17;/h3-7,9,14H,8,10-13H2,1-2H3,(H,19,21);1H. The quantitative estimate of drug-likeness (QED) is 0.452. The SMILES string of the molecule is CN=C(NCc1nccc2ccccc12)N(C)CC1CCOC1.I. The summed E-state index contributed by atoms with van der Waals surface area (Å²) < 4.78 is 5.45. The Morgan fingerprint density at radius 1 is 1.38 bits per heavy atom. The number of hydrogen-bond donors (Lipinski definition) is 1. The minimum atomic E-state index is 0. The number of hydrogen-bond acceptors (Lipinski definition) is 3. The van der Waals surface area contributed by atoms with Crippen molar-refractivity contribution in [3.8, 4) is 0 Å². The number of guanidine groups is 1. The summed E-state index contributed by atoms with van der Waals surface area (Å²) in [7, 11) is 3.89. The topological polar surface area (TPSA) is 49.8 Å². The molecule has 0 spiro atoms. The molecule has 3 rings (SSSR count). The average molecular weight is 440 g/mol. The molecule has 1 unspecified atom stereocenters. The zero-order chi connectivity index (χ0) is 16.1. The number of rotatable bonds is 4. The number of ether oxygens (including phenoxy) is 1. The van der Waals surface area contributed by atoms with Gasteiger partial charge in [0, 0.05) is 44.7 Å². The molecule has 24 heavy (non-hydrogen) atoms. The highest BCUT2D eigenvalue weighted by Gasteiger charge is 2.19. The van der Waals surface area contributed by atoms with Crippen molar-refractivity contribution in [1.29, 1.82) is 0 Å². The smallest absolute Gasteiger partial charge is 0.193 e. The van der Waals surface area contributed by atoms with Crippen molar-refractivity contribution in [1.82, 2.24) is 15.2 Å². The third-order valence-electron chi connectivity index (χ3n) is 4.30. The summed E-state index contributed by atoms with van der Waals surface area (Å²) in [4.78, 5) is 11.1. The number of aliphatic imine (C=N–C) groups is 1. The molecule has 6 heteroatoms. The lowest BCUT2D eigenvalue weighted by molar-refractivity contribution is 0.181. The summed E-state index contributed by atoms with van der Waals surface area (Å²) in [5.41, 5.74) is 1.04. The summed E-state index contributed by atoms with van der Waals surface area (Å²) in [5.74, 6) is 1.49. The maximum absolute atomic E-state index is 5.45. The number of aromatic nitrogens is 1. The summed E-state index contributed by atoms with van der Waals surface area (Å²) >= 11 is 0. The Morgan fingerprint density at radius 3 is 2.96 bits per heavy atom. The van der Waals surface area contributed by atoms with Crippen LogP contribution in [0.25, 0.3) is 10.8 Å². The van der Waals surface area contributed by atoms with Crippen molar-refractivity contribution < 1.29 is 4.74 Å². The second-order valence-electron chi connectivity index (χ2n) is 5.99. The van der Waals surface area contributed by atoms with Gasteiger partial charge in [-0.3, -0.25) is 9.98 Å². The van der Waals surface area contributed by atoms with Gasteiger partial charge in [-0.05, 0) is 17.9 Å². The molecule has 1 fully saturated rings. The first-order valence-corrected chi connectivity index (χ1v) is 8.10. The lowest BCUT2D eigenvalue weighted by atomic mass is 10.1. The molecule has 1 atom stereocenters. The van der Waals surface area contributed by atoms with Crippen molar-refractivity contribution in [3.05, 3.63) is 42.2 Å². The number of nitrogens with zero attached hydrogens (tertiary/aromatic N) is 3. The maximum Gasteiger partial charge on any atom is 0.193 e. The van der Waals surface area contributed by atoms with E-state index in [1.807, 2.05) is 19.3 Å². The van der Waals surface area contributed by atoms with E-state index in [-0.39, 0.29) is 24.0 Å². The Hall–Kier alpha value is -1.41. The number of benzene rings is 1. The van der Waals surface area contributed by atoms with Gasteiger partial charge in [0.15, 0.2) is 5.96 Å². The van der Waals surface area contributed by atoms with E-state index in [1.54, 1.807) is 0 Å². The van der Waals surface area contributed by atoms with Crippen LogP contribution in [-0.2, 0) is 11.3 Å². The van der Waals surface area contributed by atoms with Gasteiger partial charge in [-0.25, -0.2) is 0 Å². The van der Waals surface area contributed by atoms with Crippen LogP contribution in [-0.4, -0.2) is 49.7 Å². The lowest BCUT2D eigenvalue weighted by Crippen LogP contribution is -2.41. The van der Waals surface area contributed by atoms with Crippen LogP contribution in [0.5, 0.6) is 0 Å². The number of fused-ring (bicyclic) bond motifs is 1. The van der Waals surface area contributed by atoms with Crippen molar-refractivity contribution in [3.63, 3.8) is 0 Å². The summed E-state index contributed by atoms with van der Waals surface area (Å²) in [5, 5.41) is 5.82. The van der Waals surface area contributed by atoms with Gasteiger partial charge in [0.25, 0.3) is 0 Å². The molecule has 1 aromatic carbocycles. The number of nitrogens with one attached hydrogen (secondary N) is 1. The van der Waals surface area contributed by atoms with Crippen molar-refractivity contribution in [2.24, 2.45) is 10.9 Å². The van der Waals surface area contributed by atoms with Crippen LogP contribution in [0.1, 0.15) is 12.1 Å². The Morgan fingerprint density at radius 2 is 2.21 bits per heavy atom. The number of halogens is 1. The van der Waals surface area contributed by atoms with Gasteiger partial charge in [-0.15, -0.1) is 24.0 Å². The fourth-order valence-corrected chi connectivity index (χ4v) is 3.07. The predicted molar refractivity (Wildman–Crippen MR) is 109 cm³/mol. The van der Waals surface area contributed by atoms with Crippen molar-refractivity contribution in [2.45, 2.75) is 13.0 Å². The Labute approximate surface area is 160 Å². The summed E-state index contributed by atoms with van der Waals surface area (Å²) in [6.07, 6.45) is 2.99. The molecule has 1 aliphatic heterocycles. The van der Waals surface area contributed by atoms with Crippen LogP contribution >= 0.6 is 24.0 Å². The van der Waals surface area contributed by atoms with E-state index >= 15 is 0 Å². The van der Waals surface area contributed by atoms with Gasteiger partial charge in [-0.2, -0.15) is 0 Å². The van der Waals surface area contributed by atoms with Gasteiger partial charge in [-0.1, -0.05) is 24.3 Å². The molecule has 0 amide bonds. The van der Waals surface area contributed by atoms with Crippen molar-refractivity contribution in [2.75, 3.05) is 33.9 Å². The molecular weight excluding hydrogens is 415 g/mol. The zero-order valence-corrected chi connectivity index (χ0v) is 16.6. The molecule has 2 aromatic rings. The first-order valence-electron chi connectivity index (χ1n) is 8.10. The lowest BCUT2D eigenvalue weighted by Gasteiger charge is -2.24. The second-order valence-corrected chi connectivity index (χ2v) is 5.99. The van der Waals surface area contributed by atoms with E-state index in [9.17, 15) is 0 Å². The Bertz CT molecular complexity index is 680. The average Bonchev–Trinajstić information content (AvgIpc) is 3.08. The third-order valence-corrected chi connectivity index (χ3v) is 4.30. The molecule has 5 nitrogen and oxygen atoms in total. The Kier molecular flexibility index (Phi) is 7.23. The monoisotopic (exact) mass is 440 g/mol. The summed E-state index contributed by atoms with van der Waals surface area (Å²) in [6.45, 7) is 3.36. The van der Waals surface area contributed by atoms with Gasteiger partial charge in [0.1, 0.15) is 0 Å². The van der Waals surface area contributed by atoms with E-state index in [0.717, 1.165) is 37.8 Å². The highest BCUT2D eigenvalue weighted by Crippen LogP contribution is 2.16. The minimum absolute atomic E-state index is 0. The first-order chi connectivity index (χ1) is 11.3. The third kappa shape index (κ3) is 4.57. The van der Waals surface area contributed by atoms with Crippen LogP contribution in [0.15, 0.2) is 41.5 Å². The fourth-order valence-electron chi connectivity index (χ4n) is 3.07. The molecule has 0 aliphatic carbocycles. The van der Waals surface area contributed by atoms with Gasteiger partial charge < -0.3 is 15.0 Å². The van der Waals surface area contributed by atoms with Crippen LogP contribution in [0.4, 0.5) is 0 Å². The largest absolute Gasteiger partial charge is 0.381 e. The first kappa shape index (κ1) is 18.9. The number of pyridine rings is 1. The minimum Gasteiger partial charge on any atom is -0.381 e. The fraction of sp³-hybridized carbons (Fsp3) is 0.444. The van der Waals surface area contributed by atoms with E-state index < -0.39 is 0 Å². The van der Waals surface area contributed by atoms with Gasteiger partial charge >= 0.3 is 0 Å². The van der Waals surface area contributed by atoms with Gasteiger partial charge in [0.05, 0.1) is 18.8 Å². The van der Waals surface area contributed by atoms with Crippen LogP contribution < -0.4 is 5.32 Å². The van der Waals surface area contributed by atoms with Crippen LogP contribution in [0.2, 0.25) is 0 Å².